The van der Waals surface area contributed by atoms with Gasteiger partial charge in [-0.1, -0.05) is 0 Å². The van der Waals surface area contributed by atoms with E-state index in [1.165, 1.54) is 0 Å². The van der Waals surface area contributed by atoms with Gasteiger partial charge in [0.2, 0.25) is 0 Å². The average molecular weight is 142 g/mol. The third-order valence-electron chi connectivity index (χ3n) is 2.18. The van der Waals surface area contributed by atoms with Crippen molar-refractivity contribution in [3.05, 3.63) is 0 Å². The summed E-state index contributed by atoms with van der Waals surface area (Å²) in [6.45, 7) is 4.78. The van der Waals surface area contributed by atoms with Crippen LogP contribution in [0, 0.1) is 0 Å². The average Bonchev–Trinajstić information content (AvgIpc) is 2.36. The van der Waals surface area contributed by atoms with E-state index in [2.05, 4.69) is 5.10 Å². The third kappa shape index (κ3) is 1.14. The topological polar surface area (TPSA) is 47.6 Å². The van der Waals surface area contributed by atoms with E-state index in [0.29, 0.717) is 0 Å². The van der Waals surface area contributed by atoms with E-state index in [4.69, 9.17) is 10.6 Å². The molecule has 1 fully saturated rings. The molecule has 1 aliphatic heterocycles. The summed E-state index contributed by atoms with van der Waals surface area (Å²) in [5.74, 6) is 5.15. The normalized spacial score (nSPS) is 34.8. The molecule has 10 heavy (non-hydrogen) atoms. The molecule has 0 saturated carbocycles. The first-order chi connectivity index (χ1) is 4.69. The molecule has 1 atom stereocenters. The highest BCUT2D eigenvalue weighted by atomic mass is 16.5. The van der Waals surface area contributed by atoms with Gasteiger partial charge in [-0.3, -0.25) is 0 Å². The number of hydrogen-bond donors (Lipinski definition) is 1. The van der Waals surface area contributed by atoms with Gasteiger partial charge in [0.25, 0.3) is 0 Å². The van der Waals surface area contributed by atoms with Crippen molar-refractivity contribution in [1.29, 1.82) is 0 Å². The summed E-state index contributed by atoms with van der Waals surface area (Å²) in [4.78, 5) is 0. The highest BCUT2D eigenvalue weighted by Crippen LogP contribution is 2.25. The summed E-state index contributed by atoms with van der Waals surface area (Å²) in [7, 11) is 0. The van der Waals surface area contributed by atoms with Crippen LogP contribution in [0.25, 0.3) is 0 Å². The Hall–Kier alpha value is -0.570. The van der Waals surface area contributed by atoms with Crippen molar-refractivity contribution in [2.24, 2.45) is 10.9 Å². The SMILES string of the molecule is C/C(=N\N)C1(C)CCCO1. The molecular formula is C7H14N2O. The van der Waals surface area contributed by atoms with E-state index in [9.17, 15) is 0 Å². The van der Waals surface area contributed by atoms with E-state index in [0.717, 1.165) is 25.2 Å². The van der Waals surface area contributed by atoms with Crippen LogP contribution in [0.3, 0.4) is 0 Å². The number of hydrazone groups is 1. The van der Waals surface area contributed by atoms with E-state index in [1.54, 1.807) is 0 Å². The van der Waals surface area contributed by atoms with Crippen molar-refractivity contribution in [2.45, 2.75) is 32.3 Å². The van der Waals surface area contributed by atoms with Gasteiger partial charge in [0.15, 0.2) is 0 Å². The van der Waals surface area contributed by atoms with Crippen LogP contribution in [-0.2, 0) is 4.74 Å². The maximum Gasteiger partial charge on any atom is 0.105 e. The van der Waals surface area contributed by atoms with Gasteiger partial charge in [-0.25, -0.2) is 0 Å². The smallest absolute Gasteiger partial charge is 0.105 e. The minimum atomic E-state index is -0.172. The van der Waals surface area contributed by atoms with Crippen LogP contribution in [0.5, 0.6) is 0 Å². The summed E-state index contributed by atoms with van der Waals surface area (Å²) in [6.07, 6.45) is 2.16. The molecule has 0 aromatic heterocycles. The van der Waals surface area contributed by atoms with Crippen LogP contribution >= 0.6 is 0 Å². The maximum absolute atomic E-state index is 5.48. The fraction of sp³-hybridized carbons (Fsp3) is 0.857. The first-order valence-corrected chi connectivity index (χ1v) is 3.58. The van der Waals surface area contributed by atoms with Crippen LogP contribution in [0.4, 0.5) is 0 Å². The molecule has 0 spiro atoms. The lowest BCUT2D eigenvalue weighted by Crippen LogP contribution is -2.32. The quantitative estimate of drug-likeness (QED) is 0.336. The van der Waals surface area contributed by atoms with Gasteiger partial charge in [-0.15, -0.1) is 0 Å². The zero-order valence-corrected chi connectivity index (χ0v) is 6.55. The lowest BCUT2D eigenvalue weighted by molar-refractivity contribution is 0.0770. The fourth-order valence-corrected chi connectivity index (χ4v) is 1.20. The minimum Gasteiger partial charge on any atom is -0.369 e. The molecule has 1 saturated heterocycles. The van der Waals surface area contributed by atoms with Crippen LogP contribution in [0.15, 0.2) is 5.10 Å². The van der Waals surface area contributed by atoms with Crippen molar-refractivity contribution < 1.29 is 4.74 Å². The first-order valence-electron chi connectivity index (χ1n) is 3.58. The Morgan fingerprint density at radius 3 is 2.80 bits per heavy atom. The third-order valence-corrected chi connectivity index (χ3v) is 2.18. The largest absolute Gasteiger partial charge is 0.369 e. The molecule has 3 nitrogen and oxygen atoms in total. The molecule has 1 rings (SSSR count). The molecule has 0 radical (unpaired) electrons. The van der Waals surface area contributed by atoms with E-state index < -0.39 is 0 Å². The predicted molar refractivity (Wildman–Crippen MR) is 40.9 cm³/mol. The van der Waals surface area contributed by atoms with Gasteiger partial charge in [0.05, 0.1) is 5.71 Å². The molecular weight excluding hydrogens is 128 g/mol. The van der Waals surface area contributed by atoms with Crippen LogP contribution in [-0.4, -0.2) is 17.9 Å². The molecule has 0 amide bonds. The first kappa shape index (κ1) is 7.54. The second kappa shape index (κ2) is 2.58. The zero-order valence-electron chi connectivity index (χ0n) is 6.55. The van der Waals surface area contributed by atoms with Crippen LogP contribution in [0.1, 0.15) is 26.7 Å². The number of rotatable bonds is 1. The zero-order chi connectivity index (χ0) is 7.61. The summed E-state index contributed by atoms with van der Waals surface area (Å²) in [5, 5.41) is 3.63. The molecule has 1 unspecified atom stereocenters. The second-order valence-electron chi connectivity index (χ2n) is 2.90. The standard InChI is InChI=1S/C7H14N2O/c1-6(9-8)7(2)4-3-5-10-7/h3-5,8H2,1-2H3/b9-6+. The molecule has 3 heteroatoms. The van der Waals surface area contributed by atoms with Gasteiger partial charge in [-0.05, 0) is 26.7 Å². The number of nitrogens with zero attached hydrogens (tertiary/aromatic N) is 1. The number of ether oxygens (including phenoxy) is 1. The molecule has 0 aromatic carbocycles. The van der Waals surface area contributed by atoms with Crippen molar-refractivity contribution in [3.63, 3.8) is 0 Å². The molecule has 0 aromatic rings. The summed E-state index contributed by atoms with van der Waals surface area (Å²) in [6, 6.07) is 0. The van der Waals surface area contributed by atoms with Crippen molar-refractivity contribution >= 4 is 5.71 Å². The molecule has 0 bridgehead atoms. The number of hydrogen-bond acceptors (Lipinski definition) is 3. The van der Waals surface area contributed by atoms with E-state index >= 15 is 0 Å². The summed E-state index contributed by atoms with van der Waals surface area (Å²) in [5.41, 5.74) is 0.722. The maximum atomic E-state index is 5.48. The highest BCUT2D eigenvalue weighted by molar-refractivity contribution is 5.90. The Morgan fingerprint density at radius 1 is 1.70 bits per heavy atom. The molecule has 2 N–H and O–H groups in total. The Kier molecular flexibility index (Phi) is 1.94. The van der Waals surface area contributed by atoms with Gasteiger partial charge in [0.1, 0.15) is 5.60 Å². The molecule has 1 heterocycles. The molecule has 1 aliphatic rings. The highest BCUT2D eigenvalue weighted by Gasteiger charge is 2.32. The lowest BCUT2D eigenvalue weighted by Gasteiger charge is -2.21. The van der Waals surface area contributed by atoms with Crippen molar-refractivity contribution in [3.8, 4) is 0 Å². The predicted octanol–water partition coefficient (Wildman–Crippen LogP) is 0.890. The lowest BCUT2D eigenvalue weighted by atomic mass is 9.98. The Labute approximate surface area is 61.2 Å². The monoisotopic (exact) mass is 142 g/mol. The van der Waals surface area contributed by atoms with Gasteiger partial charge >= 0.3 is 0 Å². The Bertz CT molecular complexity index is 148. The fourth-order valence-electron chi connectivity index (χ4n) is 1.20. The van der Waals surface area contributed by atoms with E-state index in [-0.39, 0.29) is 5.60 Å². The molecule has 58 valence electrons. The van der Waals surface area contributed by atoms with Crippen molar-refractivity contribution in [1.82, 2.24) is 0 Å². The minimum absolute atomic E-state index is 0.172. The number of nitrogens with two attached hydrogens (primary N) is 1. The van der Waals surface area contributed by atoms with Gasteiger partial charge < -0.3 is 10.6 Å². The second-order valence-corrected chi connectivity index (χ2v) is 2.90. The van der Waals surface area contributed by atoms with Gasteiger partial charge in [0, 0.05) is 6.61 Å². The van der Waals surface area contributed by atoms with E-state index in [1.807, 2.05) is 13.8 Å². The Morgan fingerprint density at radius 2 is 2.40 bits per heavy atom. The Balaban J connectivity index is 2.67. The molecule has 0 aliphatic carbocycles. The van der Waals surface area contributed by atoms with Crippen molar-refractivity contribution in [2.75, 3.05) is 6.61 Å². The van der Waals surface area contributed by atoms with Gasteiger partial charge in [-0.2, -0.15) is 5.10 Å². The summed E-state index contributed by atoms with van der Waals surface area (Å²) >= 11 is 0. The summed E-state index contributed by atoms with van der Waals surface area (Å²) < 4.78 is 5.48. The van der Waals surface area contributed by atoms with Crippen LogP contribution < -0.4 is 5.84 Å². The van der Waals surface area contributed by atoms with Crippen LogP contribution in [0.2, 0.25) is 0 Å².